The number of methoxy groups -OCH3 is 1. The Labute approximate surface area is 227 Å². The lowest BCUT2D eigenvalue weighted by molar-refractivity contribution is 0.207. The summed E-state index contributed by atoms with van der Waals surface area (Å²) in [4.78, 5) is 11.1. The first-order valence-corrected chi connectivity index (χ1v) is 14.4. The largest absolute Gasteiger partial charge is 0.494 e. The second kappa shape index (κ2) is 11.3. The monoisotopic (exact) mass is 558 g/mol. The molecule has 1 aromatic heterocycles. The zero-order valence-corrected chi connectivity index (χ0v) is 22.8. The Morgan fingerprint density at radius 2 is 1.89 bits per heavy atom. The van der Waals surface area contributed by atoms with Crippen molar-refractivity contribution in [1.29, 1.82) is 0 Å². The van der Waals surface area contributed by atoms with Gasteiger partial charge in [-0.15, -0.1) is 0 Å². The molecule has 12 heteroatoms. The fourth-order valence-corrected chi connectivity index (χ4v) is 6.01. The second-order valence-electron chi connectivity index (χ2n) is 9.54. The number of rotatable bonds is 10. The molecule has 5 rings (SSSR count). The van der Waals surface area contributed by atoms with E-state index in [1.54, 1.807) is 31.4 Å². The van der Waals surface area contributed by atoms with Crippen LogP contribution in [0.4, 0.5) is 23.1 Å². The predicted molar refractivity (Wildman–Crippen MR) is 148 cm³/mol. The number of benzene rings is 2. The number of hydrogen-bond acceptors (Lipinski definition) is 9. The summed E-state index contributed by atoms with van der Waals surface area (Å²) in [5.41, 5.74) is 1.01. The Kier molecular flexibility index (Phi) is 7.89. The number of nitrogens with zero attached hydrogens (tertiary/aromatic N) is 3. The average Bonchev–Trinajstić information content (AvgIpc) is 3.29. The second-order valence-corrected chi connectivity index (χ2v) is 11.6. The molecule has 2 aromatic carbocycles. The van der Waals surface area contributed by atoms with E-state index in [9.17, 15) is 8.42 Å². The minimum absolute atomic E-state index is 0.0298. The van der Waals surface area contributed by atoms with Gasteiger partial charge in [-0.3, -0.25) is 0 Å². The van der Waals surface area contributed by atoms with Gasteiger partial charge in [-0.1, -0.05) is 30.2 Å². The van der Waals surface area contributed by atoms with Gasteiger partial charge >= 0.3 is 0 Å². The van der Waals surface area contributed by atoms with E-state index in [1.165, 1.54) is 6.20 Å². The highest BCUT2D eigenvalue weighted by Crippen LogP contribution is 2.34. The third-order valence-corrected chi connectivity index (χ3v) is 8.53. The molecule has 3 N–H and O–H groups in total. The summed E-state index contributed by atoms with van der Waals surface area (Å²) >= 11 is 6.38. The van der Waals surface area contributed by atoms with Crippen LogP contribution in [0.15, 0.2) is 53.6 Å². The quantitative estimate of drug-likeness (QED) is 0.329. The van der Waals surface area contributed by atoms with Crippen molar-refractivity contribution < 1.29 is 17.9 Å². The van der Waals surface area contributed by atoms with Crippen molar-refractivity contribution in [2.45, 2.75) is 42.7 Å². The maximum atomic E-state index is 13.0. The number of likely N-dealkylation sites (N-methyl/N-ethyl adjacent to an activating group) is 1. The summed E-state index contributed by atoms with van der Waals surface area (Å²) in [5.74, 6) is 1.81. The average molecular weight is 559 g/mol. The number of anilines is 4. The lowest BCUT2D eigenvalue weighted by Crippen LogP contribution is -2.39. The number of para-hydroxylation sites is 1. The first-order valence-electron chi connectivity index (χ1n) is 12.5. The molecule has 1 saturated heterocycles. The van der Waals surface area contributed by atoms with Crippen LogP contribution in [0.25, 0.3) is 0 Å². The van der Waals surface area contributed by atoms with Gasteiger partial charge < -0.3 is 25.0 Å². The van der Waals surface area contributed by atoms with Gasteiger partial charge in [0.25, 0.3) is 0 Å². The predicted octanol–water partition coefficient (Wildman–Crippen LogP) is 4.54. The number of aromatic nitrogens is 2. The van der Waals surface area contributed by atoms with Crippen LogP contribution in [-0.2, 0) is 10.0 Å². The van der Waals surface area contributed by atoms with Gasteiger partial charge in [0.05, 0.1) is 24.7 Å². The zero-order chi connectivity index (χ0) is 26.7. The Morgan fingerprint density at radius 1 is 1.08 bits per heavy atom. The normalized spacial score (nSPS) is 18.1. The van der Waals surface area contributed by atoms with Crippen molar-refractivity contribution in [1.82, 2.24) is 19.6 Å². The standard InChI is InChI=1S/C26H31ClN6O4S/c1-33-13-12-19(16-33)37-18-10-11-21(23(14-18)36-2)30-26-28-15-20(27)25(31-26)29-22-8-3-4-9-24(22)38(34,35)32-17-6-5-7-17/h3-4,8-11,14-15,17,19,32H,5-7,12-13,16H2,1-2H3,(H2,28,29,30,31)/t19-/m1/s1. The van der Waals surface area contributed by atoms with Crippen LogP contribution in [0.5, 0.6) is 11.5 Å². The maximum absolute atomic E-state index is 13.0. The first-order chi connectivity index (χ1) is 18.3. The van der Waals surface area contributed by atoms with Crippen molar-refractivity contribution in [2.24, 2.45) is 0 Å². The van der Waals surface area contributed by atoms with Gasteiger partial charge in [0, 0.05) is 25.2 Å². The molecule has 202 valence electrons. The highest BCUT2D eigenvalue weighted by molar-refractivity contribution is 7.89. The molecule has 1 aliphatic carbocycles. The molecule has 0 spiro atoms. The Morgan fingerprint density at radius 3 is 2.61 bits per heavy atom. The smallest absolute Gasteiger partial charge is 0.242 e. The molecule has 2 aliphatic rings. The molecule has 1 saturated carbocycles. The summed E-state index contributed by atoms with van der Waals surface area (Å²) in [6.07, 6.45) is 5.29. The summed E-state index contributed by atoms with van der Waals surface area (Å²) in [5, 5.41) is 6.46. The lowest BCUT2D eigenvalue weighted by Gasteiger charge is -2.26. The van der Waals surface area contributed by atoms with Crippen molar-refractivity contribution in [2.75, 3.05) is 37.9 Å². The van der Waals surface area contributed by atoms with E-state index in [0.29, 0.717) is 17.1 Å². The molecule has 1 aliphatic heterocycles. The van der Waals surface area contributed by atoms with E-state index in [4.69, 9.17) is 21.1 Å². The molecule has 1 atom stereocenters. The van der Waals surface area contributed by atoms with E-state index >= 15 is 0 Å². The Balaban J connectivity index is 1.34. The number of hydrogen-bond donors (Lipinski definition) is 3. The first kappa shape index (κ1) is 26.5. The topological polar surface area (TPSA) is 118 Å². The Bertz CT molecular complexity index is 1400. The van der Waals surface area contributed by atoms with E-state index in [1.807, 2.05) is 18.2 Å². The molecule has 2 fully saturated rings. The van der Waals surface area contributed by atoms with Gasteiger partial charge in [0.2, 0.25) is 16.0 Å². The summed E-state index contributed by atoms with van der Waals surface area (Å²) in [6.45, 7) is 1.90. The molecule has 2 heterocycles. The fraction of sp³-hybridized carbons (Fsp3) is 0.385. The minimum Gasteiger partial charge on any atom is -0.494 e. The molecule has 38 heavy (non-hydrogen) atoms. The zero-order valence-electron chi connectivity index (χ0n) is 21.3. The SMILES string of the molecule is COc1cc(O[C@@H]2CCN(C)C2)ccc1Nc1ncc(Cl)c(Nc2ccccc2S(=O)(=O)NC2CCC2)n1. The van der Waals surface area contributed by atoms with Gasteiger partial charge in [-0.25, -0.2) is 18.1 Å². The minimum atomic E-state index is -3.71. The maximum Gasteiger partial charge on any atom is 0.242 e. The van der Waals surface area contributed by atoms with Crippen molar-refractivity contribution >= 4 is 44.8 Å². The van der Waals surface area contributed by atoms with Gasteiger partial charge in [-0.05, 0) is 50.6 Å². The van der Waals surface area contributed by atoms with Gasteiger partial charge in [-0.2, -0.15) is 4.98 Å². The number of sulfonamides is 1. The van der Waals surface area contributed by atoms with Crippen LogP contribution < -0.4 is 24.8 Å². The highest BCUT2D eigenvalue weighted by Gasteiger charge is 2.27. The fourth-order valence-electron chi connectivity index (χ4n) is 4.41. The molecule has 0 unspecified atom stereocenters. The molecule has 0 amide bonds. The summed E-state index contributed by atoms with van der Waals surface area (Å²) < 4.78 is 40.5. The number of ether oxygens (including phenoxy) is 2. The molecule has 3 aromatic rings. The highest BCUT2D eigenvalue weighted by atomic mass is 35.5. The van der Waals surface area contributed by atoms with Crippen LogP contribution >= 0.6 is 11.6 Å². The van der Waals surface area contributed by atoms with Crippen LogP contribution in [0.1, 0.15) is 25.7 Å². The molecule has 0 radical (unpaired) electrons. The van der Waals surface area contributed by atoms with Crippen LogP contribution in [0.3, 0.4) is 0 Å². The van der Waals surface area contributed by atoms with E-state index in [-0.39, 0.29) is 33.8 Å². The van der Waals surface area contributed by atoms with Crippen LogP contribution in [-0.4, -0.2) is 62.7 Å². The number of likely N-dealkylation sites (tertiary alicyclic amines) is 1. The molecule has 10 nitrogen and oxygen atoms in total. The van der Waals surface area contributed by atoms with E-state index < -0.39 is 10.0 Å². The van der Waals surface area contributed by atoms with Crippen LogP contribution in [0, 0.1) is 0 Å². The van der Waals surface area contributed by atoms with Gasteiger partial charge in [0.15, 0.2) is 5.82 Å². The van der Waals surface area contributed by atoms with E-state index in [2.05, 4.69) is 37.3 Å². The van der Waals surface area contributed by atoms with E-state index in [0.717, 1.165) is 44.5 Å². The van der Waals surface area contributed by atoms with Crippen molar-refractivity contribution in [3.63, 3.8) is 0 Å². The van der Waals surface area contributed by atoms with Crippen molar-refractivity contribution in [3.8, 4) is 11.5 Å². The third-order valence-electron chi connectivity index (χ3n) is 6.67. The lowest BCUT2D eigenvalue weighted by atomic mass is 9.94. The summed E-state index contributed by atoms with van der Waals surface area (Å²) in [6, 6.07) is 12.2. The third kappa shape index (κ3) is 6.12. The molecular weight excluding hydrogens is 528 g/mol. The Hall–Kier alpha value is -3.12. The summed E-state index contributed by atoms with van der Waals surface area (Å²) in [7, 11) is -0.0523. The van der Waals surface area contributed by atoms with Gasteiger partial charge in [0.1, 0.15) is 27.5 Å². The molecule has 0 bridgehead atoms. The number of halogens is 1. The number of nitrogens with one attached hydrogen (secondary N) is 3. The molecular formula is C26H31ClN6O4S. The van der Waals surface area contributed by atoms with Crippen molar-refractivity contribution in [3.05, 3.63) is 53.7 Å². The van der Waals surface area contributed by atoms with Crippen LogP contribution in [0.2, 0.25) is 5.02 Å².